The number of piperidine rings is 4. The number of aryl methyl sites for hydroxylation is 1. The molecule has 139 heavy (non-hydrogen) atoms. The van der Waals surface area contributed by atoms with Crippen molar-refractivity contribution in [1.29, 1.82) is 0 Å². The van der Waals surface area contributed by atoms with Crippen molar-refractivity contribution in [3.63, 3.8) is 0 Å². The number of hydrogen-bond acceptors (Lipinski definition) is 19. The highest BCUT2D eigenvalue weighted by Crippen LogP contribution is 2.44. The summed E-state index contributed by atoms with van der Waals surface area (Å²) in [5.41, 5.74) is 0.715. The Morgan fingerprint density at radius 2 is 0.784 bits per heavy atom. The van der Waals surface area contributed by atoms with Crippen LogP contribution in [0.2, 0.25) is 0 Å². The van der Waals surface area contributed by atoms with Crippen molar-refractivity contribution in [2.24, 2.45) is 47.3 Å². The number of nitrogens with zero attached hydrogens (tertiary/aromatic N) is 7. The summed E-state index contributed by atoms with van der Waals surface area (Å²) in [6.07, 6.45) is -1.57. The maximum atomic E-state index is 13.1. The quantitative estimate of drug-likeness (QED) is 0.0552. The number of ether oxygens (including phenoxy) is 6. The second kappa shape index (κ2) is 59.3. The number of hydrogen-bond donors (Lipinski definition) is 3. The van der Waals surface area contributed by atoms with E-state index in [1.165, 1.54) is 52.2 Å². The predicted molar refractivity (Wildman–Crippen MR) is 592 cm³/mol. The fraction of sp³-hybridized carbons (Fsp3) is 0.696. The monoisotopic (exact) mass is 1860 g/mol. The molecule has 4 bridgehead atoms. The minimum atomic E-state index is -3.88. The number of amides is 6. The van der Waals surface area contributed by atoms with Crippen LogP contribution in [0.4, 0.5) is 28.8 Å². The van der Waals surface area contributed by atoms with Gasteiger partial charge in [0.2, 0.25) is 0 Å². The fourth-order valence-corrected chi connectivity index (χ4v) is 19.3. The third-order valence-electron chi connectivity index (χ3n) is 25.5. The Kier molecular flexibility index (Phi) is 53.2. The molecule has 10 aliphatic heterocycles. The van der Waals surface area contributed by atoms with Gasteiger partial charge >= 0.3 is 36.6 Å². The highest BCUT2D eigenvalue weighted by atomic mass is 32.2. The number of nitrogens with one attached hydrogen (secondary N) is 1. The minimum absolute atomic E-state index is 0.00901. The van der Waals surface area contributed by atoms with E-state index in [1.54, 1.807) is 31.7 Å². The van der Waals surface area contributed by atoms with Crippen LogP contribution in [0.25, 0.3) is 0 Å². The van der Waals surface area contributed by atoms with Crippen LogP contribution in [-0.4, -0.2) is 486 Å². The number of aliphatic hydroxyl groups is 2. The van der Waals surface area contributed by atoms with Gasteiger partial charge in [-0.1, -0.05) is 78.4 Å². The molecule has 0 aliphatic carbocycles. The van der Waals surface area contributed by atoms with Crippen molar-refractivity contribution in [3.8, 4) is 0 Å². The average molecular weight is 1850 g/mol. The van der Waals surface area contributed by atoms with E-state index in [0.29, 0.717) is 88.9 Å². The van der Waals surface area contributed by atoms with Gasteiger partial charge in [-0.2, -0.15) is 8.42 Å². The first-order valence-electron chi connectivity index (χ1n) is 48.1. The summed E-state index contributed by atoms with van der Waals surface area (Å²) in [5.74, 6) is 2.91. The second-order valence-corrected chi connectivity index (χ2v) is 42.7. The SMILES string of the molecule is CC(C)(C)OC(=O)N1CC(CCO)C2CCN(C(=O)OCc3ccccc3)CC21.CC(C)(C)OC(=O)N1CC(CCO)C2CCNCC21.CC(C)(C)OC(=O)N1CC2CCN3CCC2C1C3.Cc1ccc(S(=O)(=O)OCCC2CN(C(=O)OC(C)(C)C)C3CN(C(=O)OCc4ccccc4)CCC23)cc1.[B]B([B])B(B([B])[B])B([B])[B].[B]B([B])B([B])B([B])[B].[B][B]B(B([B])[B])B([B])[B].[B][B]B([B])B([B])[B]. The van der Waals surface area contributed by atoms with Crippen molar-refractivity contribution in [3.05, 3.63) is 102 Å². The van der Waals surface area contributed by atoms with Gasteiger partial charge in [0.1, 0.15) is 35.6 Å². The first-order valence-corrected chi connectivity index (χ1v) is 49.5. The summed E-state index contributed by atoms with van der Waals surface area (Å²) in [5, 5.41) is 22.0. The van der Waals surface area contributed by atoms with Crippen LogP contribution >= 0.6 is 0 Å². The van der Waals surface area contributed by atoms with E-state index in [9.17, 15) is 47.4 Å². The van der Waals surface area contributed by atoms with Crippen LogP contribution in [0.15, 0.2) is 89.8 Å². The van der Waals surface area contributed by atoms with Crippen molar-refractivity contribution >= 4 is 292 Å². The minimum Gasteiger partial charge on any atom is -0.445 e. The number of fused-ring (bicyclic) bond motifs is 5. The number of benzene rings is 3. The molecule has 10 heterocycles. The summed E-state index contributed by atoms with van der Waals surface area (Å²) in [6.45, 7) is 34.9. The van der Waals surface area contributed by atoms with Crippen molar-refractivity contribution < 1.29 is 80.0 Å². The summed E-state index contributed by atoms with van der Waals surface area (Å²) in [7, 11) is 103. The molecule has 42 radical (unpaired) electrons. The Morgan fingerprint density at radius 3 is 1.12 bits per heavy atom. The van der Waals surface area contributed by atoms with Crippen LogP contribution in [0, 0.1) is 54.3 Å². The maximum absolute atomic E-state index is 13.1. The molecule has 3 aromatic carbocycles. The average Bonchev–Trinajstić information content (AvgIpc) is 1.62. The zero-order valence-electron chi connectivity index (χ0n) is 84.1. The Bertz CT molecular complexity index is 4230. The first-order chi connectivity index (χ1) is 64.9. The lowest BCUT2D eigenvalue weighted by Gasteiger charge is -2.38. The molecule has 13 unspecified atom stereocenters. The van der Waals surface area contributed by atoms with Gasteiger partial charge in [0.05, 0.1) is 35.7 Å². The van der Waals surface area contributed by atoms with E-state index in [4.69, 9.17) is 187 Å². The summed E-state index contributed by atoms with van der Waals surface area (Å²) >= 11 is 0. The maximum Gasteiger partial charge on any atom is 0.410 e. The zero-order chi connectivity index (χ0) is 105. The molecule has 13 atom stereocenters. The van der Waals surface area contributed by atoms with E-state index in [1.807, 2.05) is 160 Å². The van der Waals surface area contributed by atoms with Gasteiger partial charge in [-0.05, 0) is 232 Å². The number of rotatable bonds is 23. The summed E-state index contributed by atoms with van der Waals surface area (Å²) in [4.78, 5) is 89.2. The standard InChI is InChI=1S/C29H38N2O7S.C22H32N2O5.C14H26N2O3.C14H24N2O2.B10.B9.B8.B7/c1-21-10-12-24(13-11-21)39(34,35)37-17-15-23-18-31(28(33)38-29(2,3)4)26-19-30(16-14-25(23)26)27(32)36-20-22-8-6-5-7-9-22;1-22(2,3)29-21(27)24-13-17(10-12-25)18-9-11-23(14-19(18)24)20(26)28-15-16-7-5-4-6-8-16;1-14(2,3)19-13(18)16-9-10(5-7-17)11-4-6-15-8-12(11)16;1-14(2,3)18-13(17)16-8-10-4-6-15-7-5-11(10)12(16)9-15;1-7(2)10(8(3)4)9(5)6;1-6-9(7(2)3)8(4)5;1-6(2)8(5)7(3)4;1-5-7(4)6(2)3/h5-13,23,25-26H,14-20H2,1-4H3;4-8,17-19,25H,9-15H2,1-3H3;10-12,15,17H,4-9H2,1-3H3;10-12H,4-9H2,1-3H3;;;;. The smallest absolute Gasteiger partial charge is 0.410 e. The van der Waals surface area contributed by atoms with Gasteiger partial charge < -0.3 is 78.3 Å². The Hall–Kier alpha value is -4.76. The van der Waals surface area contributed by atoms with Crippen molar-refractivity contribution in [2.45, 2.75) is 206 Å². The molecule has 0 spiro atoms. The van der Waals surface area contributed by atoms with Gasteiger partial charge in [-0.15, -0.1) is 0 Å². The number of likely N-dealkylation sites (tertiary alicyclic amines) is 6. The lowest BCUT2D eigenvalue weighted by atomic mass is 8.58. The van der Waals surface area contributed by atoms with E-state index < -0.39 is 103 Å². The van der Waals surface area contributed by atoms with Crippen LogP contribution < -0.4 is 5.32 Å². The van der Waals surface area contributed by atoms with Gasteiger partial charge in [-0.25, -0.2) is 28.8 Å². The molecule has 686 valence electrons. The number of carbonyl (C=O) groups excluding carboxylic acids is 6. The third-order valence-corrected chi connectivity index (χ3v) is 26.9. The zero-order valence-corrected chi connectivity index (χ0v) is 84.9. The molecule has 3 N–H and O–H groups in total. The molecule has 6 amide bonds. The second-order valence-electron chi connectivity index (χ2n) is 41.1. The molecule has 0 saturated carbocycles. The van der Waals surface area contributed by atoms with E-state index in [-0.39, 0.29) is 122 Å². The number of aliphatic hydroxyl groups excluding tert-OH is 2. The topological polar surface area (TPSA) is 276 Å². The first kappa shape index (κ1) is 125. The van der Waals surface area contributed by atoms with Gasteiger partial charge in [0.25, 0.3) is 10.1 Å². The lowest BCUT2D eigenvalue weighted by molar-refractivity contribution is 0.0102. The van der Waals surface area contributed by atoms with Gasteiger partial charge in [0.15, 0.2) is 0 Å². The Labute approximate surface area is 865 Å². The molecule has 10 aliphatic rings. The van der Waals surface area contributed by atoms with Crippen LogP contribution in [0.5, 0.6) is 0 Å². The van der Waals surface area contributed by atoms with E-state index >= 15 is 0 Å². The van der Waals surface area contributed by atoms with Gasteiger partial charge in [-0.3, -0.25) is 4.18 Å². The highest BCUT2D eigenvalue weighted by Gasteiger charge is 2.53. The largest absolute Gasteiger partial charge is 0.445 e. The van der Waals surface area contributed by atoms with Crippen LogP contribution in [0.1, 0.15) is 151 Å². The van der Waals surface area contributed by atoms with Crippen molar-refractivity contribution in [1.82, 2.24) is 39.6 Å². The molecule has 3 aromatic rings. The fourth-order valence-electron chi connectivity index (χ4n) is 18.3. The van der Waals surface area contributed by atoms with Crippen LogP contribution in [0.3, 0.4) is 0 Å². The number of carbonyl (C=O) groups is 6. The van der Waals surface area contributed by atoms with E-state index in [0.717, 1.165) is 68.0 Å². The van der Waals surface area contributed by atoms with E-state index in [2.05, 4.69) is 10.2 Å². The summed E-state index contributed by atoms with van der Waals surface area (Å²) in [6, 6.07) is 25.8. The normalized spacial score (nSPS) is 22.3. The molecule has 60 heteroatoms. The molecule has 13 rings (SSSR count). The summed E-state index contributed by atoms with van der Waals surface area (Å²) < 4.78 is 64.0. The Morgan fingerprint density at radius 1 is 0.417 bits per heavy atom. The Balaban J connectivity index is 0.000000301. The highest BCUT2D eigenvalue weighted by molar-refractivity contribution is 8.00. The predicted octanol–water partition coefficient (Wildman–Crippen LogP) is -1.54. The molecular formula is C79H120B34N8O17S. The molecular weight excluding hydrogens is 1730 g/mol. The lowest BCUT2D eigenvalue weighted by Crippen LogP contribution is -2.62. The molecule has 25 nitrogen and oxygen atoms in total. The van der Waals surface area contributed by atoms with Crippen molar-refractivity contribution in [2.75, 3.05) is 105 Å². The molecule has 10 saturated heterocycles. The molecule has 10 fully saturated rings. The third kappa shape index (κ3) is 42.2. The van der Waals surface area contributed by atoms with Crippen LogP contribution in [-0.2, 0) is 55.9 Å². The van der Waals surface area contributed by atoms with Gasteiger partial charge in [0, 0.05) is 324 Å². The molecule has 0 aromatic heterocycles.